The van der Waals surface area contributed by atoms with Crippen LogP contribution in [0.15, 0.2) is 41.3 Å². The maximum Gasteiger partial charge on any atom is 0.286 e. The van der Waals surface area contributed by atoms with Crippen molar-refractivity contribution >= 4 is 21.6 Å². The van der Waals surface area contributed by atoms with Gasteiger partial charge in [0.2, 0.25) is 10.0 Å². The summed E-state index contributed by atoms with van der Waals surface area (Å²) in [5.41, 5.74) is 0.475. The smallest absolute Gasteiger partial charge is 0.286 e. The lowest BCUT2D eigenvalue weighted by Gasteiger charge is -2.34. The molecule has 0 N–H and O–H groups in total. The van der Waals surface area contributed by atoms with E-state index in [-0.39, 0.29) is 67.0 Å². The fraction of sp³-hybridized carbons (Fsp3) is 0.350. The van der Waals surface area contributed by atoms with Gasteiger partial charge in [-0.2, -0.15) is 4.31 Å². The number of sulfonamides is 1. The number of carbonyl (C=O) groups excluding carboxylic acids is 1. The molecule has 2 heterocycles. The van der Waals surface area contributed by atoms with Gasteiger partial charge in [0.1, 0.15) is 18.8 Å². The van der Waals surface area contributed by atoms with Crippen molar-refractivity contribution in [2.24, 2.45) is 0 Å². The van der Waals surface area contributed by atoms with Crippen molar-refractivity contribution in [2.75, 3.05) is 39.4 Å². The Morgan fingerprint density at radius 1 is 1.00 bits per heavy atom. The number of amides is 1. The number of rotatable bonds is 4. The summed E-state index contributed by atoms with van der Waals surface area (Å²) >= 11 is 0. The fourth-order valence-electron chi connectivity index (χ4n) is 3.56. The molecule has 1 amide bonds. The highest BCUT2D eigenvalue weighted by Crippen LogP contribution is 2.37. The van der Waals surface area contributed by atoms with Crippen LogP contribution in [-0.4, -0.2) is 67.8 Å². The largest absolute Gasteiger partial charge is 0.486 e. The molecule has 0 aliphatic carbocycles. The highest BCUT2D eigenvalue weighted by molar-refractivity contribution is 7.89. The van der Waals surface area contributed by atoms with Crippen LogP contribution in [0, 0.1) is 17.0 Å². The van der Waals surface area contributed by atoms with Gasteiger partial charge in [0.15, 0.2) is 11.5 Å². The van der Waals surface area contributed by atoms with Crippen LogP contribution in [0.1, 0.15) is 15.9 Å². The SMILES string of the molecule is Cc1ccc(S(=O)(=O)N2CCN(C(=O)c3cc4c(cc3[N+](=O)[O-])OCCO4)CC2)cc1. The number of nitro groups is 1. The minimum atomic E-state index is -3.68. The van der Waals surface area contributed by atoms with Crippen LogP contribution in [0.5, 0.6) is 11.5 Å². The second kappa shape index (κ2) is 8.16. The summed E-state index contributed by atoms with van der Waals surface area (Å²) in [5, 5.41) is 11.5. The summed E-state index contributed by atoms with van der Waals surface area (Å²) in [6.07, 6.45) is 0. The highest BCUT2D eigenvalue weighted by Gasteiger charge is 2.34. The average Bonchev–Trinajstić information content (AvgIpc) is 2.78. The number of nitro benzene ring substituents is 1. The molecule has 164 valence electrons. The van der Waals surface area contributed by atoms with E-state index in [4.69, 9.17) is 9.47 Å². The standard InChI is InChI=1S/C20H21N3O7S/c1-14-2-4-15(5-3-14)31(27,28)22-8-6-21(7-9-22)20(24)16-12-18-19(30-11-10-29-18)13-17(16)23(25)26/h2-5,12-13H,6-11H2,1H3. The second-order valence-electron chi connectivity index (χ2n) is 7.28. The molecule has 10 nitrogen and oxygen atoms in total. The van der Waals surface area contributed by atoms with E-state index in [0.717, 1.165) is 5.56 Å². The maximum atomic E-state index is 13.0. The van der Waals surface area contributed by atoms with Crippen molar-refractivity contribution in [3.05, 3.63) is 57.6 Å². The van der Waals surface area contributed by atoms with Crippen LogP contribution in [-0.2, 0) is 10.0 Å². The molecule has 0 atom stereocenters. The molecule has 0 bridgehead atoms. The summed E-state index contributed by atoms with van der Waals surface area (Å²) in [7, 11) is -3.68. The Labute approximate surface area is 179 Å². The van der Waals surface area contributed by atoms with E-state index in [9.17, 15) is 23.3 Å². The molecule has 0 spiro atoms. The van der Waals surface area contributed by atoms with Gasteiger partial charge in [-0.05, 0) is 19.1 Å². The van der Waals surface area contributed by atoms with Gasteiger partial charge < -0.3 is 14.4 Å². The molecular weight excluding hydrogens is 426 g/mol. The van der Waals surface area contributed by atoms with E-state index in [1.165, 1.54) is 21.3 Å². The van der Waals surface area contributed by atoms with Crippen molar-refractivity contribution in [1.29, 1.82) is 0 Å². The van der Waals surface area contributed by atoms with Gasteiger partial charge in [-0.3, -0.25) is 14.9 Å². The Kier molecular flexibility index (Phi) is 5.54. The lowest BCUT2D eigenvalue weighted by molar-refractivity contribution is -0.385. The molecule has 11 heteroatoms. The topological polar surface area (TPSA) is 119 Å². The van der Waals surface area contributed by atoms with E-state index >= 15 is 0 Å². The van der Waals surface area contributed by atoms with E-state index in [2.05, 4.69) is 0 Å². The number of piperazine rings is 1. The molecule has 2 aliphatic rings. The quantitative estimate of drug-likeness (QED) is 0.518. The van der Waals surface area contributed by atoms with Crippen molar-refractivity contribution in [3.63, 3.8) is 0 Å². The number of nitrogens with zero attached hydrogens (tertiary/aromatic N) is 3. The molecule has 1 saturated heterocycles. The van der Waals surface area contributed by atoms with Gasteiger partial charge in [0, 0.05) is 32.2 Å². The molecule has 2 aromatic carbocycles. The van der Waals surface area contributed by atoms with Gasteiger partial charge >= 0.3 is 0 Å². The number of aryl methyl sites for hydroxylation is 1. The molecule has 4 rings (SSSR count). The number of hydrogen-bond acceptors (Lipinski definition) is 7. The second-order valence-corrected chi connectivity index (χ2v) is 9.22. The van der Waals surface area contributed by atoms with Gasteiger partial charge in [-0.25, -0.2) is 8.42 Å². The predicted molar refractivity (Wildman–Crippen MR) is 110 cm³/mol. The lowest BCUT2D eigenvalue weighted by Crippen LogP contribution is -2.50. The molecule has 2 aliphatic heterocycles. The zero-order chi connectivity index (χ0) is 22.2. The average molecular weight is 447 g/mol. The van der Waals surface area contributed by atoms with Crippen LogP contribution in [0.4, 0.5) is 5.69 Å². The summed E-state index contributed by atoms with van der Waals surface area (Å²) in [5.74, 6) is -0.0413. The Bertz CT molecular complexity index is 1120. The highest BCUT2D eigenvalue weighted by atomic mass is 32.2. The third-order valence-electron chi connectivity index (χ3n) is 5.27. The number of hydrogen-bond donors (Lipinski definition) is 0. The molecule has 0 aromatic heterocycles. The van der Waals surface area contributed by atoms with Crippen molar-refractivity contribution in [3.8, 4) is 11.5 Å². The van der Waals surface area contributed by atoms with E-state index < -0.39 is 20.9 Å². The Hall–Kier alpha value is -3.18. The molecule has 2 aromatic rings. The molecule has 0 unspecified atom stereocenters. The Morgan fingerprint density at radius 2 is 1.58 bits per heavy atom. The third kappa shape index (κ3) is 4.06. The van der Waals surface area contributed by atoms with Crippen molar-refractivity contribution in [2.45, 2.75) is 11.8 Å². The molecule has 1 fully saturated rings. The first-order chi connectivity index (χ1) is 14.8. The van der Waals surface area contributed by atoms with Crippen LogP contribution in [0.2, 0.25) is 0 Å². The molecular formula is C20H21N3O7S. The normalized spacial score (nSPS) is 16.7. The maximum absolute atomic E-state index is 13.0. The minimum absolute atomic E-state index is 0.0975. The monoisotopic (exact) mass is 447 g/mol. The van der Waals surface area contributed by atoms with Crippen LogP contribution < -0.4 is 9.47 Å². The minimum Gasteiger partial charge on any atom is -0.486 e. The summed E-state index contributed by atoms with van der Waals surface area (Å²) in [4.78, 5) is 25.5. The first kappa shape index (κ1) is 21.1. The van der Waals surface area contributed by atoms with E-state index in [1.54, 1.807) is 24.3 Å². The zero-order valence-electron chi connectivity index (χ0n) is 16.8. The number of fused-ring (bicyclic) bond motifs is 1. The van der Waals surface area contributed by atoms with Gasteiger partial charge in [-0.1, -0.05) is 17.7 Å². The molecule has 0 radical (unpaired) electrons. The Balaban J connectivity index is 1.52. The van der Waals surface area contributed by atoms with Gasteiger partial charge in [0.25, 0.3) is 11.6 Å². The summed E-state index contributed by atoms with van der Waals surface area (Å²) in [6, 6.07) is 9.09. The van der Waals surface area contributed by atoms with Crippen molar-refractivity contribution in [1.82, 2.24) is 9.21 Å². The van der Waals surface area contributed by atoms with Crippen LogP contribution in [0.25, 0.3) is 0 Å². The summed E-state index contributed by atoms with van der Waals surface area (Å²) < 4.78 is 37.8. The molecule has 31 heavy (non-hydrogen) atoms. The number of carbonyl (C=O) groups is 1. The first-order valence-corrected chi connectivity index (χ1v) is 11.2. The van der Waals surface area contributed by atoms with E-state index in [0.29, 0.717) is 0 Å². The predicted octanol–water partition coefficient (Wildman–Crippen LogP) is 1.82. The van der Waals surface area contributed by atoms with Crippen LogP contribution >= 0.6 is 0 Å². The van der Waals surface area contributed by atoms with E-state index in [1.807, 2.05) is 6.92 Å². The van der Waals surface area contributed by atoms with Gasteiger partial charge in [-0.15, -0.1) is 0 Å². The molecule has 0 saturated carbocycles. The van der Waals surface area contributed by atoms with Gasteiger partial charge in [0.05, 0.1) is 15.9 Å². The van der Waals surface area contributed by atoms with Crippen LogP contribution in [0.3, 0.4) is 0 Å². The van der Waals surface area contributed by atoms with Crippen molar-refractivity contribution < 1.29 is 27.6 Å². The Morgan fingerprint density at radius 3 is 2.16 bits per heavy atom. The fourth-order valence-corrected chi connectivity index (χ4v) is 4.98. The third-order valence-corrected chi connectivity index (χ3v) is 7.19. The summed E-state index contributed by atoms with van der Waals surface area (Å²) in [6.45, 7) is 2.87. The number of benzene rings is 2. The first-order valence-electron chi connectivity index (χ1n) is 9.71. The zero-order valence-corrected chi connectivity index (χ0v) is 17.6. The lowest BCUT2D eigenvalue weighted by atomic mass is 10.1. The number of ether oxygens (including phenoxy) is 2.